The van der Waals surface area contributed by atoms with Gasteiger partial charge in [-0.25, -0.2) is 9.80 Å². The summed E-state index contributed by atoms with van der Waals surface area (Å²) in [7, 11) is 0. The number of alkyl halides is 6. The van der Waals surface area contributed by atoms with Crippen LogP contribution in [0.5, 0.6) is 0 Å². The Labute approximate surface area is 277 Å². The van der Waals surface area contributed by atoms with E-state index in [1.807, 2.05) is 45.2 Å². The maximum Gasteiger partial charge on any atom is 0.411 e. The molecule has 2 aliphatic rings. The molecule has 0 atom stereocenters. The lowest BCUT2D eigenvalue weighted by molar-refractivity contribution is -0.288. The lowest BCUT2D eigenvalue weighted by Crippen LogP contribution is -2.55. The van der Waals surface area contributed by atoms with Gasteiger partial charge in [0.05, 0.1) is 33.6 Å². The zero-order chi connectivity index (χ0) is 32.6. The highest BCUT2D eigenvalue weighted by Crippen LogP contribution is 2.57. The van der Waals surface area contributed by atoms with E-state index in [1.54, 1.807) is 12.1 Å². The summed E-state index contributed by atoms with van der Waals surface area (Å²) in [6.45, 7) is 0. The molecule has 14 heteroatoms. The molecule has 6 nitrogen and oxygen atoms in total. The minimum absolute atomic E-state index is 0.0898. The topological polar surface area (TPSA) is 74.8 Å². The van der Waals surface area contributed by atoms with Gasteiger partial charge in [-0.3, -0.25) is 19.2 Å². The van der Waals surface area contributed by atoms with Gasteiger partial charge in [-0.15, -0.1) is 0 Å². The molecule has 0 aromatic heterocycles. The molecule has 0 fully saturated rings. The average Bonchev–Trinajstić information content (AvgIpc) is 3.35. The standard InChI is InChI=1S/C31H14F6I2N2O4/c32-30(33,34)29(31(35,36)37,15-7-9-21-23(11-15)27(44)40(25(21)42)19-5-1-3-17(38)13-19)16-8-10-22-24(12-16)28(45)41(26(22)43)20-6-2-4-18(39)14-20/h1-14H. The average molecular weight is 846 g/mol. The summed E-state index contributed by atoms with van der Waals surface area (Å²) in [6.07, 6.45) is -12.1. The summed E-state index contributed by atoms with van der Waals surface area (Å²) >= 11 is 3.84. The second kappa shape index (κ2) is 10.6. The summed E-state index contributed by atoms with van der Waals surface area (Å²) in [5, 5.41) is 0. The third-order valence-corrected chi connectivity index (χ3v) is 8.96. The van der Waals surface area contributed by atoms with Crippen LogP contribution in [-0.4, -0.2) is 36.0 Å². The lowest BCUT2D eigenvalue weighted by atomic mass is 9.71. The normalized spacial score (nSPS) is 15.2. The lowest BCUT2D eigenvalue weighted by Gasteiger charge is -2.38. The van der Waals surface area contributed by atoms with E-state index in [1.165, 1.54) is 36.4 Å². The quantitative estimate of drug-likeness (QED) is 0.119. The second-order valence-corrected chi connectivity index (χ2v) is 12.6. The second-order valence-electron chi connectivity index (χ2n) is 10.1. The third kappa shape index (κ3) is 4.66. The van der Waals surface area contributed by atoms with E-state index in [4.69, 9.17) is 0 Å². The monoisotopic (exact) mass is 846 g/mol. The molecule has 0 aliphatic carbocycles. The van der Waals surface area contributed by atoms with Gasteiger partial charge in [0.1, 0.15) is 0 Å². The van der Waals surface area contributed by atoms with Gasteiger partial charge in [0.2, 0.25) is 5.41 Å². The minimum atomic E-state index is -6.06. The molecule has 0 radical (unpaired) electrons. The van der Waals surface area contributed by atoms with E-state index in [-0.39, 0.29) is 22.5 Å². The highest BCUT2D eigenvalue weighted by Gasteiger charge is 2.73. The Hall–Kier alpha value is -3.80. The van der Waals surface area contributed by atoms with Crippen molar-refractivity contribution in [1.82, 2.24) is 0 Å². The van der Waals surface area contributed by atoms with Gasteiger partial charge in [0.25, 0.3) is 23.6 Å². The van der Waals surface area contributed by atoms with E-state index in [0.29, 0.717) is 41.2 Å². The van der Waals surface area contributed by atoms with Crippen molar-refractivity contribution < 1.29 is 45.5 Å². The van der Waals surface area contributed by atoms with Gasteiger partial charge in [0.15, 0.2) is 0 Å². The van der Waals surface area contributed by atoms with Crippen molar-refractivity contribution in [2.75, 3.05) is 9.80 Å². The molecule has 0 N–H and O–H groups in total. The van der Waals surface area contributed by atoms with Crippen LogP contribution >= 0.6 is 45.2 Å². The fourth-order valence-electron chi connectivity index (χ4n) is 5.63. The van der Waals surface area contributed by atoms with Gasteiger partial charge in [0, 0.05) is 7.14 Å². The molecule has 45 heavy (non-hydrogen) atoms. The van der Waals surface area contributed by atoms with Crippen molar-refractivity contribution in [3.05, 3.63) is 125 Å². The molecule has 4 amide bonds. The molecule has 6 rings (SSSR count). The molecule has 228 valence electrons. The number of carbonyl (C=O) groups is 4. The van der Waals surface area contributed by atoms with Crippen molar-refractivity contribution in [1.29, 1.82) is 0 Å². The summed E-state index contributed by atoms with van der Waals surface area (Å²) in [5.41, 5.74) is -9.39. The summed E-state index contributed by atoms with van der Waals surface area (Å²) in [6, 6.07) is 15.5. The van der Waals surface area contributed by atoms with Crippen molar-refractivity contribution in [2.45, 2.75) is 17.8 Å². The van der Waals surface area contributed by atoms with Crippen LogP contribution in [0.2, 0.25) is 0 Å². The van der Waals surface area contributed by atoms with Crippen LogP contribution < -0.4 is 9.80 Å². The van der Waals surface area contributed by atoms with Crippen LogP contribution in [0.3, 0.4) is 0 Å². The van der Waals surface area contributed by atoms with E-state index in [2.05, 4.69) is 0 Å². The van der Waals surface area contributed by atoms with E-state index in [0.717, 1.165) is 12.1 Å². The van der Waals surface area contributed by atoms with Gasteiger partial charge in [-0.1, -0.05) is 24.3 Å². The Morgan fingerprint density at radius 3 is 1.16 bits per heavy atom. The zero-order valence-electron chi connectivity index (χ0n) is 22.1. The number of nitrogens with zero attached hydrogens (tertiary/aromatic N) is 2. The number of anilines is 2. The summed E-state index contributed by atoms with van der Waals surface area (Å²) < 4.78 is 91.4. The number of fused-ring (bicyclic) bond motifs is 2. The Morgan fingerprint density at radius 2 is 0.822 bits per heavy atom. The number of benzene rings is 4. The van der Waals surface area contributed by atoms with Crippen LogP contribution in [0, 0.1) is 7.14 Å². The highest BCUT2D eigenvalue weighted by atomic mass is 127. The van der Waals surface area contributed by atoms with Gasteiger partial charge in [-0.05, 0) is 117 Å². The maximum absolute atomic E-state index is 15.0. The molecule has 4 aromatic carbocycles. The van der Waals surface area contributed by atoms with E-state index < -0.39 is 63.7 Å². The van der Waals surface area contributed by atoms with Crippen molar-refractivity contribution in [3.8, 4) is 0 Å². The first kappa shape index (κ1) is 31.2. The fourth-order valence-corrected chi connectivity index (χ4v) is 6.68. The molecule has 0 saturated carbocycles. The number of hydrogen-bond donors (Lipinski definition) is 0. The fraction of sp³-hybridized carbons (Fsp3) is 0.0968. The SMILES string of the molecule is O=C1c2ccc(C(c3ccc4c(c3)C(=O)N(c3cccc(I)c3)C4=O)(C(F)(F)F)C(F)(F)F)cc2C(=O)N1c1cccc(I)c1. The van der Waals surface area contributed by atoms with Crippen molar-refractivity contribution in [3.63, 3.8) is 0 Å². The Bertz CT molecular complexity index is 1830. The van der Waals surface area contributed by atoms with E-state index >= 15 is 26.3 Å². The van der Waals surface area contributed by atoms with Gasteiger partial charge in [-0.2, -0.15) is 26.3 Å². The molecule has 4 aromatic rings. The summed E-state index contributed by atoms with van der Waals surface area (Å²) in [4.78, 5) is 54.2. The van der Waals surface area contributed by atoms with Gasteiger partial charge < -0.3 is 0 Å². The molecule has 0 spiro atoms. The number of amides is 4. The molecule has 0 saturated heterocycles. The molecule has 2 heterocycles. The first-order valence-electron chi connectivity index (χ1n) is 12.8. The first-order valence-corrected chi connectivity index (χ1v) is 14.9. The molecule has 2 aliphatic heterocycles. The van der Waals surface area contributed by atoms with Crippen LogP contribution in [0.25, 0.3) is 0 Å². The maximum atomic E-state index is 15.0. The summed E-state index contributed by atoms with van der Waals surface area (Å²) in [5.74, 6) is -4.02. The van der Waals surface area contributed by atoms with Crippen LogP contribution in [0.4, 0.5) is 37.7 Å². The predicted octanol–water partition coefficient (Wildman–Crippen LogP) is 7.91. The number of halogens is 8. The third-order valence-electron chi connectivity index (χ3n) is 7.62. The zero-order valence-corrected chi connectivity index (χ0v) is 26.4. The molecular weight excluding hydrogens is 832 g/mol. The molecular formula is C31H14F6I2N2O4. The van der Waals surface area contributed by atoms with Crippen LogP contribution in [-0.2, 0) is 5.41 Å². The number of carbonyl (C=O) groups excluding carboxylic acids is 4. The van der Waals surface area contributed by atoms with E-state index in [9.17, 15) is 19.2 Å². The minimum Gasteiger partial charge on any atom is -0.268 e. The number of rotatable bonds is 4. The van der Waals surface area contributed by atoms with Crippen molar-refractivity contribution >= 4 is 80.2 Å². The highest BCUT2D eigenvalue weighted by molar-refractivity contribution is 14.1. The predicted molar refractivity (Wildman–Crippen MR) is 166 cm³/mol. The van der Waals surface area contributed by atoms with Gasteiger partial charge >= 0.3 is 12.4 Å². The smallest absolute Gasteiger partial charge is 0.268 e. The largest absolute Gasteiger partial charge is 0.411 e. The Morgan fingerprint density at radius 1 is 0.467 bits per heavy atom. The van der Waals surface area contributed by atoms with Crippen molar-refractivity contribution in [2.24, 2.45) is 0 Å². The molecule has 0 bridgehead atoms. The first-order chi connectivity index (χ1) is 21.1. The van der Waals surface area contributed by atoms with Crippen LogP contribution in [0.1, 0.15) is 52.6 Å². The Kier molecular flexibility index (Phi) is 7.37. The van der Waals surface area contributed by atoms with Crippen LogP contribution in [0.15, 0.2) is 84.9 Å². The molecule has 0 unspecified atom stereocenters. The Balaban J connectivity index is 1.52. The number of hydrogen-bond acceptors (Lipinski definition) is 4. The number of imide groups is 2.